The van der Waals surface area contributed by atoms with Crippen LogP contribution in [0.1, 0.15) is 51.7 Å². The summed E-state index contributed by atoms with van der Waals surface area (Å²) in [6, 6.07) is 6.36. The number of hydrogen-bond donors (Lipinski definition) is 1. The number of amidine groups is 1. The van der Waals surface area contributed by atoms with Crippen LogP contribution in [0.4, 0.5) is 8.78 Å². The molecular weight excluding hydrogens is 456 g/mol. The van der Waals surface area contributed by atoms with E-state index in [9.17, 15) is 8.78 Å². The molecule has 0 atom stereocenters. The van der Waals surface area contributed by atoms with Crippen molar-refractivity contribution in [1.29, 1.82) is 0 Å². The molecule has 1 aliphatic heterocycles. The van der Waals surface area contributed by atoms with Gasteiger partial charge in [0.15, 0.2) is 5.84 Å². The second kappa shape index (κ2) is 13.6. The quantitative estimate of drug-likeness (QED) is 0.290. The van der Waals surface area contributed by atoms with Gasteiger partial charge in [-0.15, -0.1) is 0 Å². The molecule has 1 fully saturated rings. The van der Waals surface area contributed by atoms with Gasteiger partial charge >= 0.3 is 0 Å². The van der Waals surface area contributed by atoms with E-state index in [4.69, 9.17) is 4.99 Å². The molecule has 0 saturated carbocycles. The fourth-order valence-corrected chi connectivity index (χ4v) is 3.80. The Morgan fingerprint density at radius 3 is 2.61 bits per heavy atom. The number of allylic oxidation sites excluding steroid dienone is 3. The van der Waals surface area contributed by atoms with E-state index in [0.29, 0.717) is 36.0 Å². The fourth-order valence-electron chi connectivity index (χ4n) is 3.80. The molecule has 36 heavy (non-hydrogen) atoms. The number of aliphatic imine (C=N–C) groups is 2. The Morgan fingerprint density at radius 1 is 1.22 bits per heavy atom. The lowest BCUT2D eigenvalue weighted by molar-refractivity contribution is 0.0174. The van der Waals surface area contributed by atoms with Crippen molar-refractivity contribution >= 4 is 17.7 Å². The van der Waals surface area contributed by atoms with Crippen molar-refractivity contribution in [3.63, 3.8) is 0 Å². The van der Waals surface area contributed by atoms with Gasteiger partial charge < -0.3 is 15.1 Å². The van der Waals surface area contributed by atoms with E-state index in [2.05, 4.69) is 28.4 Å². The Bertz CT molecular complexity index is 1070. The number of rotatable bonds is 10. The average Bonchev–Trinajstić information content (AvgIpc) is 2.98. The van der Waals surface area contributed by atoms with E-state index in [1.54, 1.807) is 18.3 Å². The molecule has 0 bridgehead atoms. The molecule has 0 spiro atoms. The third kappa shape index (κ3) is 8.04. The number of alkyl halides is 2. The Hall–Kier alpha value is -3.48. The summed E-state index contributed by atoms with van der Waals surface area (Å²) in [5, 5.41) is 3.42. The minimum Gasteiger partial charge on any atom is -0.372 e. The van der Waals surface area contributed by atoms with E-state index in [0.717, 1.165) is 37.6 Å². The van der Waals surface area contributed by atoms with Crippen molar-refractivity contribution in [2.45, 2.75) is 46.5 Å². The zero-order valence-electron chi connectivity index (χ0n) is 22.2. The number of likely N-dealkylation sites (N-methyl/N-ethyl adjacent to an activating group) is 1. The predicted octanol–water partition coefficient (Wildman–Crippen LogP) is 6.71. The van der Waals surface area contributed by atoms with Gasteiger partial charge in [0.25, 0.3) is 5.92 Å². The van der Waals surface area contributed by atoms with Crippen molar-refractivity contribution < 1.29 is 8.78 Å². The molecule has 1 aliphatic rings. The molecule has 0 aliphatic carbocycles. The van der Waals surface area contributed by atoms with Gasteiger partial charge in [-0.1, -0.05) is 49.6 Å². The van der Waals surface area contributed by atoms with Crippen LogP contribution in [0.25, 0.3) is 5.70 Å². The molecule has 1 N–H and O–H groups in total. The van der Waals surface area contributed by atoms with Gasteiger partial charge in [0.2, 0.25) is 0 Å². The normalized spacial score (nSPS) is 17.4. The zero-order chi connectivity index (χ0) is 26.7. The van der Waals surface area contributed by atoms with E-state index < -0.39 is 5.92 Å². The third-order valence-corrected chi connectivity index (χ3v) is 5.85. The molecule has 1 aromatic rings. The summed E-state index contributed by atoms with van der Waals surface area (Å²) in [6.07, 6.45) is 11.1. The maximum Gasteiger partial charge on any atom is 0.270 e. The second-order valence-electron chi connectivity index (χ2n) is 8.69. The van der Waals surface area contributed by atoms with Crippen LogP contribution in [-0.2, 0) is 5.92 Å². The fraction of sp³-hybridized carbons (Fsp3) is 0.379. The number of nitrogens with one attached hydrogen (secondary N) is 1. The molecule has 194 valence electrons. The van der Waals surface area contributed by atoms with Crippen LogP contribution in [0.15, 0.2) is 88.9 Å². The highest BCUT2D eigenvalue weighted by Crippen LogP contribution is 2.30. The minimum absolute atomic E-state index is 0.0447. The molecule has 0 radical (unpaired) electrons. The third-order valence-electron chi connectivity index (χ3n) is 5.85. The summed E-state index contributed by atoms with van der Waals surface area (Å²) in [5.74, 6) is -1.57. The molecule has 1 aromatic carbocycles. The van der Waals surface area contributed by atoms with Gasteiger partial charge in [-0.2, -0.15) is 0 Å². The summed E-state index contributed by atoms with van der Waals surface area (Å²) in [7, 11) is 1.98. The van der Waals surface area contributed by atoms with E-state index >= 15 is 0 Å². The van der Waals surface area contributed by atoms with Crippen LogP contribution in [-0.4, -0.2) is 48.5 Å². The van der Waals surface area contributed by atoms with Crippen molar-refractivity contribution in [2.24, 2.45) is 9.98 Å². The molecule has 1 heterocycles. The van der Waals surface area contributed by atoms with Crippen molar-refractivity contribution in [2.75, 3.05) is 26.7 Å². The first kappa shape index (κ1) is 28.8. The summed E-state index contributed by atoms with van der Waals surface area (Å²) >= 11 is 0. The minimum atomic E-state index is -2.93. The summed E-state index contributed by atoms with van der Waals surface area (Å²) < 4.78 is 27.9. The standard InChI is InChI=1S/C29H39F2N5/c1-8-13-24(21-32-10-3)16-17-33-23(5)36-19-12-18-35(7)22(4)28(36)34-27(9-2)25-14-11-15-26(20-25)29(6,30)31/h8-11,13-15,20-21,33H,4-5,12,16-19H2,1-3,6-7H3/b13-8-,24-21+,27-9-,32-10?,34-28?. The van der Waals surface area contributed by atoms with Crippen LogP contribution < -0.4 is 5.32 Å². The largest absolute Gasteiger partial charge is 0.372 e. The topological polar surface area (TPSA) is 43.2 Å². The average molecular weight is 496 g/mol. The zero-order valence-corrected chi connectivity index (χ0v) is 22.2. The van der Waals surface area contributed by atoms with Crippen LogP contribution in [0.2, 0.25) is 0 Å². The van der Waals surface area contributed by atoms with E-state index in [1.165, 1.54) is 12.1 Å². The molecular formula is C29H39F2N5. The summed E-state index contributed by atoms with van der Waals surface area (Å²) in [4.78, 5) is 13.2. The molecule has 1 saturated heterocycles. The number of hydrogen-bond acceptors (Lipinski definition) is 4. The van der Waals surface area contributed by atoms with E-state index in [-0.39, 0.29) is 5.56 Å². The maximum atomic E-state index is 14.0. The van der Waals surface area contributed by atoms with Crippen molar-refractivity contribution in [1.82, 2.24) is 15.1 Å². The molecule has 2 rings (SSSR count). The van der Waals surface area contributed by atoms with Crippen LogP contribution in [0, 0.1) is 0 Å². The summed E-state index contributed by atoms with van der Waals surface area (Å²) in [5.41, 5.74) is 3.03. The predicted molar refractivity (Wildman–Crippen MR) is 149 cm³/mol. The Kier molecular flexibility index (Phi) is 10.8. The Balaban J connectivity index is 2.34. The van der Waals surface area contributed by atoms with Gasteiger partial charge in [-0.3, -0.25) is 4.99 Å². The molecule has 0 unspecified atom stereocenters. The van der Waals surface area contributed by atoms with Crippen LogP contribution >= 0.6 is 0 Å². The summed E-state index contributed by atoms with van der Waals surface area (Å²) in [6.45, 7) is 17.4. The van der Waals surface area contributed by atoms with Gasteiger partial charge in [0, 0.05) is 57.1 Å². The monoisotopic (exact) mass is 495 g/mol. The first-order valence-corrected chi connectivity index (χ1v) is 12.3. The molecule has 0 amide bonds. The molecule has 0 aromatic heterocycles. The Morgan fingerprint density at radius 2 is 1.97 bits per heavy atom. The van der Waals surface area contributed by atoms with Crippen molar-refractivity contribution in [3.05, 3.63) is 90.1 Å². The number of halogens is 2. The lowest BCUT2D eigenvalue weighted by Gasteiger charge is -2.29. The second-order valence-corrected chi connectivity index (χ2v) is 8.69. The van der Waals surface area contributed by atoms with Gasteiger partial charge in [0.05, 0.1) is 17.2 Å². The maximum absolute atomic E-state index is 14.0. The van der Waals surface area contributed by atoms with Gasteiger partial charge in [-0.25, -0.2) is 13.8 Å². The molecule has 7 heteroatoms. The number of benzene rings is 1. The smallest absolute Gasteiger partial charge is 0.270 e. The van der Waals surface area contributed by atoms with Crippen LogP contribution in [0.5, 0.6) is 0 Å². The van der Waals surface area contributed by atoms with Crippen LogP contribution in [0.3, 0.4) is 0 Å². The van der Waals surface area contributed by atoms with E-state index in [1.807, 2.05) is 57.1 Å². The first-order chi connectivity index (χ1) is 17.1. The lowest BCUT2D eigenvalue weighted by Crippen LogP contribution is -2.38. The highest BCUT2D eigenvalue weighted by molar-refractivity contribution is 6.01. The lowest BCUT2D eigenvalue weighted by atomic mass is 10.0. The SMILES string of the molecule is C=C1C(=N/C(=C\C)c2cccc(C(C)(F)F)c2)N(C(=C)NCCC(/C=C\C)=C/N=CC)CCCN1C. The number of nitrogens with zero attached hydrogens (tertiary/aromatic N) is 4. The van der Waals surface area contributed by atoms with Gasteiger partial charge in [0.1, 0.15) is 0 Å². The highest BCUT2D eigenvalue weighted by Gasteiger charge is 2.26. The Labute approximate surface area is 215 Å². The highest BCUT2D eigenvalue weighted by atomic mass is 19.3. The molecule has 5 nitrogen and oxygen atoms in total. The first-order valence-electron chi connectivity index (χ1n) is 12.3. The van der Waals surface area contributed by atoms with Crippen molar-refractivity contribution in [3.8, 4) is 0 Å². The van der Waals surface area contributed by atoms with Gasteiger partial charge in [-0.05, 0) is 45.3 Å².